The standard InChI is InChI=1S/C18H20ClNO/c1-14-8-10-15(11-9-14)12-17(21)20-18(2,13-19)16-6-4-3-5-7-16/h3-11H,12-13H2,1-2H3,(H,20,21). The Kier molecular flexibility index (Phi) is 5.03. The lowest BCUT2D eigenvalue weighted by molar-refractivity contribution is -0.122. The van der Waals surface area contributed by atoms with E-state index in [0.29, 0.717) is 12.3 Å². The zero-order valence-electron chi connectivity index (χ0n) is 12.4. The minimum Gasteiger partial charge on any atom is -0.345 e. The average molecular weight is 302 g/mol. The van der Waals surface area contributed by atoms with Gasteiger partial charge < -0.3 is 5.32 Å². The molecule has 0 saturated heterocycles. The van der Waals surface area contributed by atoms with E-state index < -0.39 is 5.54 Å². The van der Waals surface area contributed by atoms with E-state index in [1.165, 1.54) is 5.56 Å². The van der Waals surface area contributed by atoms with Crippen molar-refractivity contribution in [2.75, 3.05) is 5.88 Å². The molecule has 2 nitrogen and oxygen atoms in total. The van der Waals surface area contributed by atoms with Gasteiger partial charge in [0.25, 0.3) is 0 Å². The largest absolute Gasteiger partial charge is 0.345 e. The van der Waals surface area contributed by atoms with Crippen LogP contribution in [0.5, 0.6) is 0 Å². The molecule has 0 bridgehead atoms. The van der Waals surface area contributed by atoms with E-state index in [0.717, 1.165) is 11.1 Å². The van der Waals surface area contributed by atoms with Gasteiger partial charge in [0.1, 0.15) is 0 Å². The van der Waals surface area contributed by atoms with Gasteiger partial charge in [-0.05, 0) is 25.0 Å². The first-order valence-corrected chi connectivity index (χ1v) is 7.55. The molecular formula is C18H20ClNO. The van der Waals surface area contributed by atoms with Gasteiger partial charge in [0, 0.05) is 5.88 Å². The molecule has 0 heterocycles. The number of aryl methyl sites for hydroxylation is 1. The molecule has 21 heavy (non-hydrogen) atoms. The number of amides is 1. The molecule has 0 aliphatic carbocycles. The van der Waals surface area contributed by atoms with Crippen molar-refractivity contribution in [3.63, 3.8) is 0 Å². The van der Waals surface area contributed by atoms with Crippen LogP contribution in [-0.2, 0) is 16.8 Å². The SMILES string of the molecule is Cc1ccc(CC(=O)NC(C)(CCl)c2ccccc2)cc1. The quantitative estimate of drug-likeness (QED) is 0.836. The molecule has 2 aromatic rings. The topological polar surface area (TPSA) is 29.1 Å². The van der Waals surface area contributed by atoms with Gasteiger partial charge in [0.15, 0.2) is 0 Å². The summed E-state index contributed by atoms with van der Waals surface area (Å²) in [6.07, 6.45) is 0.361. The normalized spacial score (nSPS) is 13.5. The van der Waals surface area contributed by atoms with Crippen LogP contribution in [0.15, 0.2) is 54.6 Å². The Hall–Kier alpha value is -1.80. The fraction of sp³-hybridized carbons (Fsp3) is 0.278. The van der Waals surface area contributed by atoms with Crippen LogP contribution < -0.4 is 5.32 Å². The first-order valence-electron chi connectivity index (χ1n) is 7.01. The molecule has 0 saturated carbocycles. The summed E-state index contributed by atoms with van der Waals surface area (Å²) in [7, 11) is 0. The lowest BCUT2D eigenvalue weighted by Crippen LogP contribution is -2.45. The van der Waals surface area contributed by atoms with E-state index in [-0.39, 0.29) is 5.91 Å². The van der Waals surface area contributed by atoms with Gasteiger partial charge in [-0.25, -0.2) is 0 Å². The van der Waals surface area contributed by atoms with Crippen LogP contribution >= 0.6 is 11.6 Å². The molecule has 1 amide bonds. The number of carbonyl (C=O) groups excluding carboxylic acids is 1. The summed E-state index contributed by atoms with van der Waals surface area (Å²) in [4.78, 5) is 12.3. The van der Waals surface area contributed by atoms with Crippen LogP contribution in [0, 0.1) is 6.92 Å². The molecule has 0 spiro atoms. The second kappa shape index (κ2) is 6.77. The van der Waals surface area contributed by atoms with Gasteiger partial charge in [-0.2, -0.15) is 0 Å². The number of carbonyl (C=O) groups is 1. The van der Waals surface area contributed by atoms with Crippen molar-refractivity contribution in [3.8, 4) is 0 Å². The molecule has 0 radical (unpaired) electrons. The predicted octanol–water partition coefficient (Wildman–Crippen LogP) is 3.81. The first-order chi connectivity index (χ1) is 10.0. The number of alkyl halides is 1. The van der Waals surface area contributed by atoms with Gasteiger partial charge in [0.2, 0.25) is 5.91 Å². The monoisotopic (exact) mass is 301 g/mol. The van der Waals surface area contributed by atoms with Crippen LogP contribution in [0.2, 0.25) is 0 Å². The highest BCUT2D eigenvalue weighted by Gasteiger charge is 2.27. The summed E-state index contributed by atoms with van der Waals surface area (Å²) in [5.74, 6) is 0.308. The Balaban J connectivity index is 2.08. The van der Waals surface area contributed by atoms with Crippen molar-refractivity contribution in [1.82, 2.24) is 5.32 Å². The van der Waals surface area contributed by atoms with E-state index in [1.54, 1.807) is 0 Å². The Morgan fingerprint density at radius 2 is 1.71 bits per heavy atom. The van der Waals surface area contributed by atoms with E-state index in [2.05, 4.69) is 5.32 Å². The fourth-order valence-electron chi connectivity index (χ4n) is 2.23. The number of hydrogen-bond acceptors (Lipinski definition) is 1. The molecule has 2 rings (SSSR count). The number of nitrogens with one attached hydrogen (secondary N) is 1. The Morgan fingerprint density at radius 3 is 2.29 bits per heavy atom. The maximum Gasteiger partial charge on any atom is 0.225 e. The summed E-state index contributed by atoms with van der Waals surface area (Å²) in [5.41, 5.74) is 2.65. The molecule has 1 N–H and O–H groups in total. The van der Waals surface area contributed by atoms with Gasteiger partial charge >= 0.3 is 0 Å². The minimum absolute atomic E-state index is 0.0224. The Bertz CT molecular complexity index is 594. The molecule has 1 atom stereocenters. The Labute approximate surface area is 131 Å². The summed E-state index contributed by atoms with van der Waals surface area (Å²) in [6.45, 7) is 3.98. The van der Waals surface area contributed by atoms with Gasteiger partial charge in [0.05, 0.1) is 12.0 Å². The summed E-state index contributed by atoms with van der Waals surface area (Å²) in [5, 5.41) is 3.05. The molecule has 1 unspecified atom stereocenters. The van der Waals surface area contributed by atoms with Gasteiger partial charge in [-0.3, -0.25) is 4.79 Å². The molecule has 0 fully saturated rings. The van der Waals surface area contributed by atoms with Crippen LogP contribution in [0.3, 0.4) is 0 Å². The van der Waals surface area contributed by atoms with Crippen molar-refractivity contribution in [2.45, 2.75) is 25.8 Å². The van der Waals surface area contributed by atoms with E-state index >= 15 is 0 Å². The number of hydrogen-bond donors (Lipinski definition) is 1. The number of benzene rings is 2. The number of halogens is 1. The van der Waals surface area contributed by atoms with Crippen LogP contribution in [0.4, 0.5) is 0 Å². The second-order valence-corrected chi connectivity index (χ2v) is 5.81. The first kappa shape index (κ1) is 15.6. The zero-order chi connectivity index (χ0) is 15.3. The minimum atomic E-state index is -0.551. The second-order valence-electron chi connectivity index (χ2n) is 5.54. The van der Waals surface area contributed by atoms with Gasteiger partial charge in [-0.15, -0.1) is 11.6 Å². The van der Waals surface area contributed by atoms with Crippen molar-refractivity contribution >= 4 is 17.5 Å². The summed E-state index contributed by atoms with van der Waals surface area (Å²) >= 11 is 6.10. The third-order valence-electron chi connectivity index (χ3n) is 3.58. The summed E-state index contributed by atoms with van der Waals surface area (Å²) < 4.78 is 0. The molecule has 0 aromatic heterocycles. The fourth-order valence-corrected chi connectivity index (χ4v) is 2.45. The van der Waals surface area contributed by atoms with E-state index in [1.807, 2.05) is 68.4 Å². The van der Waals surface area contributed by atoms with Crippen LogP contribution in [0.1, 0.15) is 23.6 Å². The van der Waals surface area contributed by atoms with Crippen molar-refractivity contribution in [3.05, 3.63) is 71.3 Å². The highest BCUT2D eigenvalue weighted by atomic mass is 35.5. The third kappa shape index (κ3) is 4.08. The Morgan fingerprint density at radius 1 is 1.10 bits per heavy atom. The smallest absolute Gasteiger partial charge is 0.225 e. The molecule has 0 aliphatic heterocycles. The molecule has 2 aromatic carbocycles. The predicted molar refractivity (Wildman–Crippen MR) is 87.5 cm³/mol. The van der Waals surface area contributed by atoms with E-state index in [9.17, 15) is 4.79 Å². The average Bonchev–Trinajstić information content (AvgIpc) is 2.50. The van der Waals surface area contributed by atoms with Crippen molar-refractivity contribution in [2.24, 2.45) is 0 Å². The van der Waals surface area contributed by atoms with Crippen LogP contribution in [-0.4, -0.2) is 11.8 Å². The zero-order valence-corrected chi connectivity index (χ0v) is 13.2. The highest BCUT2D eigenvalue weighted by Crippen LogP contribution is 2.22. The number of rotatable bonds is 5. The molecule has 3 heteroatoms. The maximum absolute atomic E-state index is 12.3. The van der Waals surface area contributed by atoms with E-state index in [4.69, 9.17) is 11.6 Å². The third-order valence-corrected chi connectivity index (χ3v) is 4.11. The highest BCUT2D eigenvalue weighted by molar-refractivity contribution is 6.18. The van der Waals surface area contributed by atoms with Crippen LogP contribution in [0.25, 0.3) is 0 Å². The lowest BCUT2D eigenvalue weighted by atomic mass is 9.93. The van der Waals surface area contributed by atoms with Crippen molar-refractivity contribution < 1.29 is 4.79 Å². The lowest BCUT2D eigenvalue weighted by Gasteiger charge is -2.29. The maximum atomic E-state index is 12.3. The van der Waals surface area contributed by atoms with Gasteiger partial charge in [-0.1, -0.05) is 60.2 Å². The summed E-state index contributed by atoms with van der Waals surface area (Å²) in [6, 6.07) is 17.8. The molecule has 0 aliphatic rings. The molecule has 110 valence electrons. The molecular weight excluding hydrogens is 282 g/mol. The van der Waals surface area contributed by atoms with Crippen molar-refractivity contribution in [1.29, 1.82) is 0 Å².